The van der Waals surface area contributed by atoms with Gasteiger partial charge in [0.05, 0.1) is 36.9 Å². The van der Waals surface area contributed by atoms with Crippen LogP contribution in [0.15, 0.2) is 65.7 Å². The Labute approximate surface area is 242 Å². The quantitative estimate of drug-likeness (QED) is 0.434. The molecule has 3 atom stereocenters. The third kappa shape index (κ3) is 4.42. The van der Waals surface area contributed by atoms with Crippen LogP contribution in [0.3, 0.4) is 0 Å². The molecule has 1 unspecified atom stereocenters. The van der Waals surface area contributed by atoms with Gasteiger partial charge < -0.3 is 19.5 Å². The first-order chi connectivity index (χ1) is 19.5. The number of carbonyl (C=O) groups is 2. The number of amides is 2. The van der Waals surface area contributed by atoms with E-state index in [0.29, 0.717) is 5.75 Å². The van der Waals surface area contributed by atoms with Crippen LogP contribution >= 0.6 is 11.6 Å². The number of halogens is 1. The second-order valence-corrected chi connectivity index (χ2v) is 12.2. The highest BCUT2D eigenvalue weighted by atomic mass is 35.5. The summed E-state index contributed by atoms with van der Waals surface area (Å²) in [4.78, 5) is 35.5. The molecule has 216 valence electrons. The van der Waals surface area contributed by atoms with Gasteiger partial charge in [0.1, 0.15) is 5.75 Å². The molecule has 0 saturated carbocycles. The summed E-state index contributed by atoms with van der Waals surface area (Å²) in [7, 11) is 1.49. The van der Waals surface area contributed by atoms with Gasteiger partial charge in [0.25, 0.3) is 15.9 Å². The van der Waals surface area contributed by atoms with E-state index < -0.39 is 33.6 Å². The van der Waals surface area contributed by atoms with Gasteiger partial charge in [0.2, 0.25) is 11.8 Å². The summed E-state index contributed by atoms with van der Waals surface area (Å²) in [6.45, 7) is -0.115. The van der Waals surface area contributed by atoms with Crippen molar-refractivity contribution in [3.05, 3.63) is 76.9 Å². The van der Waals surface area contributed by atoms with E-state index in [0.717, 1.165) is 4.31 Å². The number of pyridine rings is 1. The van der Waals surface area contributed by atoms with Gasteiger partial charge in [-0.15, -0.1) is 0 Å². The highest BCUT2D eigenvalue weighted by Crippen LogP contribution is 2.54. The zero-order valence-corrected chi connectivity index (χ0v) is 24.4. The Morgan fingerprint density at radius 2 is 1.80 bits per heavy atom. The lowest BCUT2D eigenvalue weighted by atomic mass is 9.81. The van der Waals surface area contributed by atoms with E-state index in [9.17, 15) is 23.1 Å². The summed E-state index contributed by atoms with van der Waals surface area (Å²) in [6.07, 6.45) is 0.517. The number of hydrogen-bond donors (Lipinski definition) is 1. The largest absolute Gasteiger partial charge is 0.497 e. The molecule has 0 radical (unpaired) electrons. The number of likely N-dealkylation sites (N-methyl/N-ethyl adjacent to an activating group) is 1. The molecule has 1 saturated heterocycles. The fourth-order valence-electron chi connectivity index (χ4n) is 5.68. The van der Waals surface area contributed by atoms with Crippen LogP contribution in [0.25, 0.3) is 0 Å². The van der Waals surface area contributed by atoms with Gasteiger partial charge in [0.15, 0.2) is 5.54 Å². The predicted molar refractivity (Wildman–Crippen MR) is 150 cm³/mol. The number of anilines is 1. The highest BCUT2D eigenvalue weighted by molar-refractivity contribution is 7.93. The molecule has 11 nitrogen and oxygen atoms in total. The number of likely N-dealkylation sites (tertiary alicyclic amines) is 1. The van der Waals surface area contributed by atoms with E-state index in [1.54, 1.807) is 31.1 Å². The standard InChI is InChI=1S/C28H29ClN4O7S/c1-31(2)26(35)24-15-18(34)16-32(24)28(21-6-5-13-30-25(21)40-4)22-14-17(29)7-12-23(22)33(27(28)36)41(37,38)20-10-8-19(39-3)9-11-20/h5-14,18,24,34H,15-16H2,1-4H3/t18-,24+,28?/m1/s1. The first-order valence-corrected chi connectivity index (χ1v) is 14.5. The van der Waals surface area contributed by atoms with Crippen LogP contribution in [0.2, 0.25) is 5.02 Å². The maximum absolute atomic E-state index is 15.0. The summed E-state index contributed by atoms with van der Waals surface area (Å²) in [6, 6.07) is 12.3. The highest BCUT2D eigenvalue weighted by Gasteiger charge is 2.64. The minimum absolute atomic E-state index is 0.0236. The van der Waals surface area contributed by atoms with Gasteiger partial charge >= 0.3 is 0 Å². The van der Waals surface area contributed by atoms with Crippen molar-refractivity contribution in [2.75, 3.05) is 39.2 Å². The van der Waals surface area contributed by atoms with Crippen LogP contribution < -0.4 is 13.8 Å². The molecular formula is C28H29ClN4O7S. The number of rotatable bonds is 7. The molecule has 2 aliphatic heterocycles. The zero-order chi connectivity index (χ0) is 29.7. The monoisotopic (exact) mass is 600 g/mol. The van der Waals surface area contributed by atoms with Crippen molar-refractivity contribution in [2.45, 2.75) is 29.0 Å². The zero-order valence-electron chi connectivity index (χ0n) is 22.8. The van der Waals surface area contributed by atoms with Crippen LogP contribution in [-0.2, 0) is 25.2 Å². The molecule has 0 bridgehead atoms. The summed E-state index contributed by atoms with van der Waals surface area (Å²) in [5.41, 5.74) is -1.48. The maximum Gasteiger partial charge on any atom is 0.271 e. The fourth-order valence-corrected chi connectivity index (χ4v) is 7.31. The number of aliphatic hydroxyl groups excluding tert-OH is 1. The Balaban J connectivity index is 1.84. The summed E-state index contributed by atoms with van der Waals surface area (Å²) >= 11 is 6.47. The second-order valence-electron chi connectivity index (χ2n) is 9.97. The predicted octanol–water partition coefficient (Wildman–Crippen LogP) is 2.25. The van der Waals surface area contributed by atoms with E-state index in [1.165, 1.54) is 67.8 Å². The molecule has 5 rings (SSSR count). The molecule has 0 aliphatic carbocycles. The molecule has 1 fully saturated rings. The molecule has 13 heteroatoms. The molecule has 0 spiro atoms. The van der Waals surface area contributed by atoms with Gasteiger partial charge in [-0.05, 0) is 61.0 Å². The van der Waals surface area contributed by atoms with Crippen LogP contribution in [0, 0.1) is 0 Å². The Morgan fingerprint density at radius 1 is 1.10 bits per heavy atom. The van der Waals surface area contributed by atoms with E-state index in [1.807, 2.05) is 0 Å². The van der Waals surface area contributed by atoms with E-state index in [2.05, 4.69) is 4.98 Å². The minimum atomic E-state index is -4.50. The molecule has 2 amide bonds. The molecule has 2 aromatic carbocycles. The van der Waals surface area contributed by atoms with Crippen molar-refractivity contribution in [3.63, 3.8) is 0 Å². The number of benzene rings is 2. The molecule has 3 heterocycles. The number of carbonyl (C=O) groups excluding carboxylic acids is 2. The Kier molecular flexibility index (Phi) is 7.45. The summed E-state index contributed by atoms with van der Waals surface area (Å²) in [5, 5.41) is 11.1. The summed E-state index contributed by atoms with van der Waals surface area (Å²) < 4.78 is 39.9. The number of fused-ring (bicyclic) bond motifs is 1. The summed E-state index contributed by atoms with van der Waals surface area (Å²) in [5.74, 6) is -0.763. The van der Waals surface area contributed by atoms with E-state index in [-0.39, 0.29) is 51.5 Å². The van der Waals surface area contributed by atoms with Crippen LogP contribution in [0.5, 0.6) is 11.6 Å². The van der Waals surface area contributed by atoms with Gasteiger partial charge in [-0.3, -0.25) is 14.5 Å². The number of aromatic nitrogens is 1. The van der Waals surface area contributed by atoms with Gasteiger partial charge in [-0.2, -0.15) is 0 Å². The first kappa shape index (κ1) is 28.8. The SMILES string of the molecule is COc1ccc(S(=O)(=O)N2C(=O)C(c3cccnc3OC)(N3C[C@H](O)C[C@H]3C(=O)N(C)C)c3cc(Cl)ccc32)cc1. The number of nitrogens with zero attached hydrogens (tertiary/aromatic N) is 4. The molecule has 2 aliphatic rings. The molecule has 41 heavy (non-hydrogen) atoms. The van der Waals surface area contributed by atoms with E-state index in [4.69, 9.17) is 21.1 Å². The average Bonchev–Trinajstić information content (AvgIpc) is 3.47. The van der Waals surface area contributed by atoms with E-state index >= 15 is 0 Å². The van der Waals surface area contributed by atoms with Crippen LogP contribution in [-0.4, -0.2) is 87.1 Å². The van der Waals surface area contributed by atoms with Crippen molar-refractivity contribution in [2.24, 2.45) is 0 Å². The van der Waals surface area contributed by atoms with Crippen molar-refractivity contribution in [1.82, 2.24) is 14.8 Å². The lowest BCUT2D eigenvalue weighted by Gasteiger charge is -2.41. The van der Waals surface area contributed by atoms with Gasteiger partial charge in [-0.25, -0.2) is 17.7 Å². The molecule has 1 aromatic heterocycles. The topological polar surface area (TPSA) is 130 Å². The lowest BCUT2D eigenvalue weighted by molar-refractivity contribution is -0.138. The number of aliphatic hydroxyl groups is 1. The minimum Gasteiger partial charge on any atom is -0.497 e. The third-order valence-electron chi connectivity index (χ3n) is 7.45. The first-order valence-electron chi connectivity index (χ1n) is 12.7. The number of methoxy groups -OCH3 is 2. The average molecular weight is 601 g/mol. The van der Waals surface area contributed by atoms with Crippen molar-refractivity contribution >= 4 is 39.1 Å². The fraction of sp³-hybridized carbons (Fsp3) is 0.321. The third-order valence-corrected chi connectivity index (χ3v) is 9.39. The Bertz CT molecular complexity index is 1620. The Hall–Kier alpha value is -3.71. The number of β-amino-alcohol motifs (C(OH)–C–C–N with tert-alkyl or cyclic N) is 1. The van der Waals surface area contributed by atoms with Crippen molar-refractivity contribution in [3.8, 4) is 11.6 Å². The van der Waals surface area contributed by atoms with Gasteiger partial charge in [0, 0.05) is 43.0 Å². The normalized spacial score (nSPS) is 22.5. The molecule has 1 N–H and O–H groups in total. The molecule has 3 aromatic rings. The van der Waals surface area contributed by atoms with Crippen molar-refractivity contribution in [1.29, 1.82) is 0 Å². The van der Waals surface area contributed by atoms with Crippen molar-refractivity contribution < 1.29 is 32.6 Å². The number of hydrogen-bond acceptors (Lipinski definition) is 9. The van der Waals surface area contributed by atoms with Crippen LogP contribution in [0.1, 0.15) is 17.5 Å². The second kappa shape index (κ2) is 10.6. The Morgan fingerprint density at radius 3 is 2.44 bits per heavy atom. The lowest BCUT2D eigenvalue weighted by Crippen LogP contribution is -2.59. The maximum atomic E-state index is 15.0. The molecular weight excluding hydrogens is 572 g/mol. The van der Waals surface area contributed by atoms with Crippen LogP contribution in [0.4, 0.5) is 5.69 Å². The smallest absolute Gasteiger partial charge is 0.271 e. The number of sulfonamides is 1. The number of ether oxygens (including phenoxy) is 2. The van der Waals surface area contributed by atoms with Gasteiger partial charge in [-0.1, -0.05) is 11.6 Å².